The Labute approximate surface area is 173 Å². The van der Waals surface area contributed by atoms with Crippen molar-refractivity contribution in [2.45, 2.75) is 31.6 Å². The van der Waals surface area contributed by atoms with Gasteiger partial charge in [-0.1, -0.05) is 0 Å². The monoisotopic (exact) mass is 411 g/mol. The molecule has 30 heavy (non-hydrogen) atoms. The molecule has 3 aromatic heterocycles. The molecule has 5 rings (SSSR count). The Bertz CT molecular complexity index is 1070. The Morgan fingerprint density at radius 2 is 2.23 bits per heavy atom. The van der Waals surface area contributed by atoms with Crippen molar-refractivity contribution < 1.29 is 14.3 Å². The van der Waals surface area contributed by atoms with Crippen molar-refractivity contribution >= 4 is 22.8 Å². The first-order valence-electron chi connectivity index (χ1n) is 10.2. The minimum atomic E-state index is -0.479. The molecule has 3 unspecified atom stereocenters. The number of fused-ring (bicyclic) bond motifs is 1. The first kappa shape index (κ1) is 19.0. The molecular weight excluding hydrogens is 386 g/mol. The average Bonchev–Trinajstić information content (AvgIpc) is 3.51. The molecule has 3 atom stereocenters. The lowest BCUT2D eigenvalue weighted by Gasteiger charge is -2.16. The van der Waals surface area contributed by atoms with Crippen LogP contribution in [-0.4, -0.2) is 56.1 Å². The van der Waals surface area contributed by atoms with Gasteiger partial charge in [-0.05, 0) is 25.3 Å². The third-order valence-electron chi connectivity index (χ3n) is 5.82. The first-order valence-corrected chi connectivity index (χ1v) is 10.2. The normalized spacial score (nSPS) is 24.0. The van der Waals surface area contributed by atoms with Gasteiger partial charge in [-0.3, -0.25) is 9.48 Å². The zero-order valence-electron chi connectivity index (χ0n) is 16.8. The molecular formula is C20H25N7O3. The quantitative estimate of drug-likeness (QED) is 0.648. The molecule has 2 saturated heterocycles. The maximum Gasteiger partial charge on any atom is 0.249 e. The largest absolute Gasteiger partial charge is 0.383 e. The zero-order chi connectivity index (χ0) is 20.7. The van der Waals surface area contributed by atoms with Gasteiger partial charge in [-0.15, -0.1) is 0 Å². The van der Waals surface area contributed by atoms with Crippen molar-refractivity contribution in [2.24, 2.45) is 13.0 Å². The van der Waals surface area contributed by atoms with E-state index < -0.39 is 6.10 Å². The minimum absolute atomic E-state index is 0.0695. The lowest BCUT2D eigenvalue weighted by atomic mass is 10.1. The minimum Gasteiger partial charge on any atom is -0.383 e. The summed E-state index contributed by atoms with van der Waals surface area (Å²) in [5.74, 6) is 0.713. The third kappa shape index (κ3) is 3.41. The summed E-state index contributed by atoms with van der Waals surface area (Å²) in [4.78, 5) is 21.2. The van der Waals surface area contributed by atoms with Crippen LogP contribution in [0.4, 0.5) is 5.82 Å². The van der Waals surface area contributed by atoms with Gasteiger partial charge in [-0.25, -0.2) is 9.97 Å². The standard InChI is InChI=1S/C20H25N7O3/c1-26-6-4-14(25-26)13-9-27(19-17(13)18(21)23-11-24-19)16-3-2-15(30-16)20(28)22-8-12-5-7-29-10-12/h4,6,9,11-12,15-16H,2-3,5,7-8,10H2,1H3,(H,22,28)(H2,21,23,24). The van der Waals surface area contributed by atoms with Crippen LogP contribution in [0.3, 0.4) is 0 Å². The number of ether oxygens (including phenoxy) is 2. The maximum absolute atomic E-state index is 12.6. The van der Waals surface area contributed by atoms with E-state index in [1.165, 1.54) is 6.33 Å². The van der Waals surface area contributed by atoms with E-state index in [9.17, 15) is 4.79 Å². The molecule has 3 N–H and O–H groups in total. The summed E-state index contributed by atoms with van der Waals surface area (Å²) in [5, 5.41) is 8.25. The fourth-order valence-corrected chi connectivity index (χ4v) is 4.20. The number of aromatic nitrogens is 5. The number of nitrogen functional groups attached to an aromatic ring is 1. The smallest absolute Gasteiger partial charge is 0.249 e. The molecule has 0 aromatic carbocycles. The average molecular weight is 411 g/mol. The van der Waals surface area contributed by atoms with Gasteiger partial charge in [0.15, 0.2) is 0 Å². The molecule has 0 bridgehead atoms. The second kappa shape index (κ2) is 7.69. The summed E-state index contributed by atoms with van der Waals surface area (Å²) in [7, 11) is 1.86. The molecule has 2 aliphatic heterocycles. The Morgan fingerprint density at radius 3 is 3.00 bits per heavy atom. The van der Waals surface area contributed by atoms with E-state index in [4.69, 9.17) is 15.2 Å². The van der Waals surface area contributed by atoms with Crippen LogP contribution in [-0.2, 0) is 21.3 Å². The number of amides is 1. The van der Waals surface area contributed by atoms with Crippen molar-refractivity contribution in [3.63, 3.8) is 0 Å². The number of aryl methyl sites for hydroxylation is 1. The molecule has 0 aliphatic carbocycles. The van der Waals surface area contributed by atoms with E-state index in [2.05, 4.69) is 20.4 Å². The summed E-state index contributed by atoms with van der Waals surface area (Å²) in [6.07, 6.45) is 6.83. The molecule has 5 heterocycles. The van der Waals surface area contributed by atoms with E-state index in [1.54, 1.807) is 4.68 Å². The highest BCUT2D eigenvalue weighted by molar-refractivity contribution is 5.99. The summed E-state index contributed by atoms with van der Waals surface area (Å²) < 4.78 is 15.2. The SMILES string of the molecule is Cn1ccc(-c2cn(C3CCC(C(=O)NCC4CCOC4)O3)c3ncnc(N)c23)n1. The summed E-state index contributed by atoms with van der Waals surface area (Å²) in [6.45, 7) is 2.11. The van der Waals surface area contributed by atoms with Gasteiger partial charge in [0, 0.05) is 44.1 Å². The van der Waals surface area contributed by atoms with Crippen molar-refractivity contribution in [2.75, 3.05) is 25.5 Å². The number of carbonyl (C=O) groups excluding carboxylic acids is 1. The molecule has 3 aromatic rings. The number of rotatable bonds is 5. The van der Waals surface area contributed by atoms with E-state index >= 15 is 0 Å². The van der Waals surface area contributed by atoms with Crippen LogP contribution in [0.15, 0.2) is 24.8 Å². The van der Waals surface area contributed by atoms with Crippen LogP contribution in [0.5, 0.6) is 0 Å². The van der Waals surface area contributed by atoms with Gasteiger partial charge in [0.1, 0.15) is 30.1 Å². The number of nitrogens with one attached hydrogen (secondary N) is 1. The Morgan fingerprint density at radius 1 is 1.33 bits per heavy atom. The number of nitrogens with two attached hydrogens (primary N) is 1. The Hall–Kier alpha value is -2.98. The fraction of sp³-hybridized carbons (Fsp3) is 0.500. The third-order valence-corrected chi connectivity index (χ3v) is 5.82. The predicted molar refractivity (Wildman–Crippen MR) is 109 cm³/mol. The molecule has 10 heteroatoms. The highest BCUT2D eigenvalue weighted by Crippen LogP contribution is 2.37. The molecule has 2 aliphatic rings. The van der Waals surface area contributed by atoms with Gasteiger partial charge in [0.2, 0.25) is 5.91 Å². The number of hydrogen-bond donors (Lipinski definition) is 2. The van der Waals surface area contributed by atoms with Crippen LogP contribution in [0, 0.1) is 5.92 Å². The molecule has 0 spiro atoms. The van der Waals surface area contributed by atoms with Crippen LogP contribution in [0.1, 0.15) is 25.5 Å². The Balaban J connectivity index is 1.37. The summed E-state index contributed by atoms with van der Waals surface area (Å²) in [5.41, 5.74) is 8.49. The van der Waals surface area contributed by atoms with Gasteiger partial charge < -0.3 is 25.1 Å². The molecule has 2 fully saturated rings. The molecule has 10 nitrogen and oxygen atoms in total. The molecule has 0 radical (unpaired) electrons. The zero-order valence-corrected chi connectivity index (χ0v) is 16.8. The predicted octanol–water partition coefficient (Wildman–Crippen LogP) is 1.24. The fourth-order valence-electron chi connectivity index (χ4n) is 4.20. The van der Waals surface area contributed by atoms with Crippen LogP contribution in [0.2, 0.25) is 0 Å². The van der Waals surface area contributed by atoms with Crippen LogP contribution in [0.25, 0.3) is 22.3 Å². The summed E-state index contributed by atoms with van der Waals surface area (Å²) in [6, 6.07) is 1.92. The van der Waals surface area contributed by atoms with Crippen LogP contribution < -0.4 is 11.1 Å². The highest BCUT2D eigenvalue weighted by Gasteiger charge is 2.33. The van der Waals surface area contributed by atoms with Crippen molar-refractivity contribution in [1.82, 2.24) is 29.6 Å². The van der Waals surface area contributed by atoms with E-state index in [0.717, 1.165) is 29.7 Å². The number of anilines is 1. The lowest BCUT2D eigenvalue weighted by Crippen LogP contribution is -2.37. The number of hydrogen-bond acceptors (Lipinski definition) is 7. The lowest BCUT2D eigenvalue weighted by molar-refractivity contribution is -0.134. The molecule has 0 saturated carbocycles. The first-order chi connectivity index (χ1) is 14.6. The maximum atomic E-state index is 12.6. The van der Waals surface area contributed by atoms with Crippen molar-refractivity contribution in [1.29, 1.82) is 0 Å². The second-order valence-corrected chi connectivity index (χ2v) is 7.91. The number of nitrogens with zero attached hydrogens (tertiary/aromatic N) is 5. The van der Waals surface area contributed by atoms with Crippen molar-refractivity contribution in [3.05, 3.63) is 24.8 Å². The number of carbonyl (C=O) groups is 1. The van der Waals surface area contributed by atoms with E-state index in [-0.39, 0.29) is 12.1 Å². The van der Waals surface area contributed by atoms with Crippen LogP contribution >= 0.6 is 0 Å². The van der Waals surface area contributed by atoms with Gasteiger partial charge in [0.25, 0.3) is 0 Å². The Kier molecular flexibility index (Phi) is 4.87. The molecule has 158 valence electrons. The van der Waals surface area contributed by atoms with Gasteiger partial charge in [0.05, 0.1) is 17.7 Å². The topological polar surface area (TPSA) is 122 Å². The van der Waals surface area contributed by atoms with E-state index in [1.807, 2.05) is 30.1 Å². The molecule has 1 amide bonds. The van der Waals surface area contributed by atoms with Gasteiger partial charge >= 0.3 is 0 Å². The highest BCUT2D eigenvalue weighted by atomic mass is 16.5. The second-order valence-electron chi connectivity index (χ2n) is 7.91. The van der Waals surface area contributed by atoms with Gasteiger partial charge in [-0.2, -0.15) is 5.10 Å². The van der Waals surface area contributed by atoms with E-state index in [0.29, 0.717) is 43.4 Å². The van der Waals surface area contributed by atoms with Crippen molar-refractivity contribution in [3.8, 4) is 11.3 Å². The summed E-state index contributed by atoms with van der Waals surface area (Å²) >= 11 is 0.